The average molecular weight is 1060 g/mol. The van der Waals surface area contributed by atoms with Gasteiger partial charge >= 0.3 is 41.0 Å². The number of hydrogen-bond donors (Lipinski definition) is 2. The number of ether oxygens (including phenoxy) is 5. The van der Waals surface area contributed by atoms with Gasteiger partial charge in [-0.15, -0.1) is 0 Å². The molecule has 3 fully saturated rings. The van der Waals surface area contributed by atoms with Crippen molar-refractivity contribution in [2.24, 2.45) is 22.7 Å². The molecular weight excluding hydrogens is 983 g/mol. The Bertz CT molecular complexity index is 2560. The SMILES string of the molecule is C.C.C.CO[Si](C)(C)O[Si](C)(C)O[C@H]1C[C@H]2OC[C@@]2(OC(C)=O)[C@H]2[C@H](OC(=O)c3ccccc3)[C@]3(O)C[C@H](OC(=O)[C@H](C)[C@@H](NC(=O)c4ccccc4)c4ccccc4)C(C)=C([C@@H](OC(C)=O)C(=O)[C@]12C)C3(C)C. The van der Waals surface area contributed by atoms with Crippen LogP contribution in [0.15, 0.2) is 102 Å². The number of amides is 1. The van der Waals surface area contributed by atoms with Gasteiger partial charge in [-0.3, -0.25) is 24.0 Å². The fourth-order valence-corrected chi connectivity index (χ4v) is 17.8. The standard InChI is InChI=1S/C53H67NO15Si2.3CH4/c1-31-38(65-48(59)32(2)42(35-22-16-13-17-23-35)54-47(58)36-24-18-14-19-25-36)29-53(61)46(66-49(60)37-26-20-15-21-27-37)44-51(7,45(57)43(64-33(3)55)41(31)50(53,5)6)39(68-71(11,12)69-70(9,10)62-8)28-40-52(44,30-63-40)67-34(4)56;;;/h13-27,32,38-40,42-44,46,61H,28-30H2,1-12H3,(H,54,58);3*1H4/t32-,38+,39+,40-,42-,43-,44+,46+,51-,52+,53-;;;/m1.../s1. The minimum absolute atomic E-state index is 0. The molecule has 0 unspecified atom stereocenters. The van der Waals surface area contributed by atoms with E-state index in [1.807, 2.05) is 32.3 Å². The van der Waals surface area contributed by atoms with Crippen molar-refractivity contribution in [3.8, 4) is 0 Å². The summed E-state index contributed by atoms with van der Waals surface area (Å²) in [4.78, 5) is 86.5. The number of carbonyl (C=O) groups excluding carboxylic acids is 6. The molecule has 2 N–H and O–H groups in total. The van der Waals surface area contributed by atoms with Crippen molar-refractivity contribution < 1.29 is 70.5 Å². The average Bonchev–Trinajstić information content (AvgIpc) is 3.31. The highest BCUT2D eigenvalue weighted by Gasteiger charge is 2.79. The lowest BCUT2D eigenvalue weighted by atomic mass is 9.44. The second kappa shape index (κ2) is 22.9. The Balaban J connectivity index is 0.00000395. The molecule has 2 bridgehead atoms. The molecule has 16 nitrogen and oxygen atoms in total. The molecule has 11 atom stereocenters. The summed E-state index contributed by atoms with van der Waals surface area (Å²) in [5.74, 6) is -6.86. The molecule has 0 radical (unpaired) electrons. The van der Waals surface area contributed by atoms with Gasteiger partial charge in [-0.05, 0) is 87.9 Å². The number of benzene rings is 3. The van der Waals surface area contributed by atoms with Crippen LogP contribution in [0.3, 0.4) is 0 Å². The molecule has 74 heavy (non-hydrogen) atoms. The summed E-state index contributed by atoms with van der Waals surface area (Å²) in [6.07, 6.45) is -7.39. The molecule has 1 amide bonds. The molecule has 2 saturated carbocycles. The monoisotopic (exact) mass is 1060 g/mol. The van der Waals surface area contributed by atoms with Crippen LogP contribution in [0.4, 0.5) is 0 Å². The fourth-order valence-electron chi connectivity index (χ4n) is 11.5. The van der Waals surface area contributed by atoms with Crippen LogP contribution in [0.1, 0.15) is 116 Å². The van der Waals surface area contributed by atoms with Crippen LogP contribution in [0.5, 0.6) is 0 Å². The van der Waals surface area contributed by atoms with Crippen LogP contribution in [-0.4, -0.2) is 113 Å². The second-order valence-corrected chi connectivity index (χ2v) is 28.0. The molecule has 0 aromatic heterocycles. The van der Waals surface area contributed by atoms with E-state index in [1.165, 1.54) is 6.92 Å². The van der Waals surface area contributed by atoms with Gasteiger partial charge in [0.15, 0.2) is 17.5 Å². The molecule has 1 saturated heterocycles. The zero-order chi connectivity index (χ0) is 52.1. The normalized spacial score (nSPS) is 28.6. The molecule has 18 heteroatoms. The number of aliphatic hydroxyl groups is 1. The molecule has 7 rings (SSSR count). The van der Waals surface area contributed by atoms with Gasteiger partial charge in [0.25, 0.3) is 5.91 Å². The number of nitrogens with one attached hydrogen (secondary N) is 1. The Morgan fingerprint density at radius 3 is 1.85 bits per heavy atom. The summed E-state index contributed by atoms with van der Waals surface area (Å²) in [6.45, 7) is 17.6. The third-order valence-corrected chi connectivity index (χ3v) is 20.9. The van der Waals surface area contributed by atoms with Crippen LogP contribution in [0, 0.1) is 22.7 Å². The first kappa shape index (κ1) is 61.2. The zero-order valence-corrected chi connectivity index (χ0v) is 44.6. The summed E-state index contributed by atoms with van der Waals surface area (Å²) in [7, 11) is -4.57. The molecule has 406 valence electrons. The van der Waals surface area contributed by atoms with Crippen molar-refractivity contribution in [2.75, 3.05) is 13.7 Å². The van der Waals surface area contributed by atoms with E-state index in [2.05, 4.69) is 5.32 Å². The Labute approximate surface area is 439 Å². The minimum atomic E-state index is -3.32. The number of fused-ring (bicyclic) bond motifs is 5. The summed E-state index contributed by atoms with van der Waals surface area (Å²) in [5, 5.41) is 17.2. The quantitative estimate of drug-likeness (QED) is 0.0630. The first-order valence-corrected chi connectivity index (χ1v) is 29.6. The van der Waals surface area contributed by atoms with E-state index in [4.69, 9.17) is 36.7 Å². The topological polar surface area (TPSA) is 209 Å². The molecule has 3 aromatic rings. The number of ketones is 1. The number of hydrogen-bond acceptors (Lipinski definition) is 15. The lowest BCUT2D eigenvalue weighted by Crippen LogP contribution is -2.82. The fraction of sp³-hybridized carbons (Fsp3) is 0.536. The highest BCUT2D eigenvalue weighted by molar-refractivity contribution is 6.78. The molecular formula is C56H79NO15Si2. The van der Waals surface area contributed by atoms with Crippen molar-refractivity contribution in [3.63, 3.8) is 0 Å². The van der Waals surface area contributed by atoms with E-state index < -0.39 is 130 Å². The van der Waals surface area contributed by atoms with Crippen LogP contribution in [0.2, 0.25) is 26.2 Å². The highest BCUT2D eigenvalue weighted by Crippen LogP contribution is 2.65. The van der Waals surface area contributed by atoms with E-state index in [0.717, 1.165) is 6.92 Å². The van der Waals surface area contributed by atoms with Crippen LogP contribution in [0.25, 0.3) is 0 Å². The van der Waals surface area contributed by atoms with Crippen LogP contribution < -0.4 is 5.32 Å². The number of Topliss-reactive ketones (excluding diaryl/α,β-unsaturated/α-hetero) is 1. The first-order valence-electron chi connectivity index (χ1n) is 24.0. The van der Waals surface area contributed by atoms with Gasteiger partial charge in [0.05, 0.1) is 41.6 Å². The van der Waals surface area contributed by atoms with E-state index in [0.29, 0.717) is 16.7 Å². The summed E-state index contributed by atoms with van der Waals surface area (Å²) < 4.78 is 51.3. The summed E-state index contributed by atoms with van der Waals surface area (Å²) >= 11 is 0. The molecule has 0 spiro atoms. The zero-order valence-electron chi connectivity index (χ0n) is 42.6. The third-order valence-electron chi connectivity index (χ3n) is 15.2. The van der Waals surface area contributed by atoms with Gasteiger partial charge in [0, 0.05) is 44.8 Å². The van der Waals surface area contributed by atoms with Crippen molar-refractivity contribution >= 4 is 52.7 Å². The molecule has 1 heterocycles. The smallest absolute Gasteiger partial charge is 0.338 e. The maximum Gasteiger partial charge on any atom is 0.338 e. The van der Waals surface area contributed by atoms with Crippen LogP contribution in [-0.2, 0) is 55.8 Å². The second-order valence-electron chi connectivity index (χ2n) is 20.9. The van der Waals surface area contributed by atoms with Gasteiger partial charge in [-0.2, -0.15) is 0 Å². The molecule has 3 aromatic carbocycles. The number of esters is 4. The maximum absolute atomic E-state index is 16.4. The molecule has 3 aliphatic carbocycles. The predicted molar refractivity (Wildman–Crippen MR) is 283 cm³/mol. The van der Waals surface area contributed by atoms with Crippen molar-refractivity contribution in [1.82, 2.24) is 5.32 Å². The van der Waals surface area contributed by atoms with Gasteiger partial charge < -0.3 is 47.1 Å². The highest BCUT2D eigenvalue weighted by atomic mass is 28.5. The van der Waals surface area contributed by atoms with E-state index in [9.17, 15) is 29.1 Å². The summed E-state index contributed by atoms with van der Waals surface area (Å²) in [5.41, 5.74) is -6.08. The lowest BCUT2D eigenvalue weighted by Gasteiger charge is -2.68. The summed E-state index contributed by atoms with van der Waals surface area (Å²) in [6, 6.07) is 24.7. The maximum atomic E-state index is 16.4. The Hall–Kier alpha value is -5.35. The third kappa shape index (κ3) is 11.3. The Kier molecular flexibility index (Phi) is 18.9. The van der Waals surface area contributed by atoms with E-state index in [-0.39, 0.29) is 46.4 Å². The predicted octanol–water partition coefficient (Wildman–Crippen LogP) is 9.01. The van der Waals surface area contributed by atoms with E-state index >= 15 is 4.79 Å². The van der Waals surface area contributed by atoms with Crippen molar-refractivity contribution in [2.45, 2.75) is 158 Å². The lowest BCUT2D eigenvalue weighted by molar-refractivity contribution is -0.345. The first-order chi connectivity index (χ1) is 33.2. The minimum Gasteiger partial charge on any atom is -0.457 e. The Morgan fingerprint density at radius 1 is 0.784 bits per heavy atom. The number of rotatable bonds is 15. The Morgan fingerprint density at radius 2 is 1.34 bits per heavy atom. The van der Waals surface area contributed by atoms with Crippen LogP contribution >= 0.6 is 0 Å². The molecule has 1 aliphatic heterocycles. The van der Waals surface area contributed by atoms with Gasteiger partial charge in [-0.1, -0.05) is 103 Å². The largest absolute Gasteiger partial charge is 0.457 e. The van der Waals surface area contributed by atoms with Crippen molar-refractivity contribution in [3.05, 3.63) is 119 Å². The van der Waals surface area contributed by atoms with Gasteiger partial charge in [0.2, 0.25) is 0 Å². The number of carbonyl (C=O) groups is 6. The van der Waals surface area contributed by atoms with Gasteiger partial charge in [0.1, 0.15) is 23.9 Å². The van der Waals surface area contributed by atoms with Gasteiger partial charge in [-0.25, -0.2) is 4.79 Å². The van der Waals surface area contributed by atoms with E-state index in [1.54, 1.807) is 127 Å². The van der Waals surface area contributed by atoms with Crippen molar-refractivity contribution in [1.29, 1.82) is 0 Å². The molecule has 4 aliphatic rings.